The number of hydrogen-bond donors (Lipinski definition) is 2. The van der Waals surface area contributed by atoms with Crippen LogP contribution in [-0.2, 0) is 21.2 Å². The number of alkyl halides is 3. The number of hydrogen-bond acceptors (Lipinski definition) is 2. The maximum absolute atomic E-state index is 12.8. The minimum absolute atomic E-state index is 0.0635. The van der Waals surface area contributed by atoms with Gasteiger partial charge in [-0.15, -0.1) is 0 Å². The number of anilines is 2. The van der Waals surface area contributed by atoms with Gasteiger partial charge < -0.3 is 10.6 Å². The molecular weight excluding hydrogens is 333 g/mol. The molecule has 1 aliphatic carbocycles. The van der Waals surface area contributed by atoms with E-state index in [9.17, 15) is 22.8 Å². The van der Waals surface area contributed by atoms with Crippen LogP contribution >= 0.6 is 0 Å². The van der Waals surface area contributed by atoms with Crippen molar-refractivity contribution in [2.75, 3.05) is 10.6 Å². The van der Waals surface area contributed by atoms with Crippen LogP contribution in [0.1, 0.15) is 17.5 Å². The van der Waals surface area contributed by atoms with Crippen molar-refractivity contribution >= 4 is 23.2 Å². The van der Waals surface area contributed by atoms with Crippen LogP contribution in [0.25, 0.3) is 0 Å². The standard InChI is InChI=1S/C18H13F3N2O2/c19-18(20,21)10-4-3-5-11(8-10)22-15(24)13-9-17(13)12-6-1-2-7-14(12)23-16(17)25/h1-8,13H,9H2,(H,22,24)(H,23,25). The second kappa shape index (κ2) is 5.08. The summed E-state index contributed by atoms with van der Waals surface area (Å²) in [4.78, 5) is 24.8. The number of benzene rings is 2. The summed E-state index contributed by atoms with van der Waals surface area (Å²) >= 11 is 0. The van der Waals surface area contributed by atoms with Crippen molar-refractivity contribution in [2.24, 2.45) is 5.92 Å². The SMILES string of the molecule is O=C(Nc1cccc(C(F)(F)F)c1)C1CC12C(=O)Nc1ccccc12. The molecule has 2 aliphatic rings. The van der Waals surface area contributed by atoms with Gasteiger partial charge in [-0.25, -0.2) is 0 Å². The van der Waals surface area contributed by atoms with Gasteiger partial charge >= 0.3 is 6.18 Å². The Morgan fingerprint density at radius 3 is 2.68 bits per heavy atom. The van der Waals surface area contributed by atoms with Crippen LogP contribution in [0.2, 0.25) is 0 Å². The van der Waals surface area contributed by atoms with E-state index in [-0.39, 0.29) is 11.6 Å². The number of amides is 2. The third-order valence-corrected chi connectivity index (χ3v) is 4.80. The van der Waals surface area contributed by atoms with Crippen LogP contribution in [-0.4, -0.2) is 11.8 Å². The highest BCUT2D eigenvalue weighted by molar-refractivity contribution is 6.14. The van der Waals surface area contributed by atoms with Crippen molar-refractivity contribution in [3.05, 3.63) is 59.7 Å². The van der Waals surface area contributed by atoms with Crippen LogP contribution in [0.15, 0.2) is 48.5 Å². The summed E-state index contributed by atoms with van der Waals surface area (Å²) in [5.41, 5.74) is -0.220. The molecule has 1 heterocycles. The molecule has 0 radical (unpaired) electrons. The lowest BCUT2D eigenvalue weighted by atomic mass is 9.94. The fourth-order valence-electron chi connectivity index (χ4n) is 3.47. The van der Waals surface area contributed by atoms with Crippen molar-refractivity contribution in [1.82, 2.24) is 0 Å². The monoisotopic (exact) mass is 346 g/mol. The zero-order chi connectivity index (χ0) is 17.8. The van der Waals surface area contributed by atoms with E-state index >= 15 is 0 Å². The lowest BCUT2D eigenvalue weighted by molar-refractivity contribution is -0.137. The van der Waals surface area contributed by atoms with Gasteiger partial charge in [0.2, 0.25) is 11.8 Å². The summed E-state index contributed by atoms with van der Waals surface area (Å²) in [6.07, 6.45) is -4.13. The van der Waals surface area contributed by atoms with E-state index in [1.807, 2.05) is 0 Å². The molecule has 1 fully saturated rings. The molecule has 2 atom stereocenters. The van der Waals surface area contributed by atoms with Gasteiger partial charge in [-0.1, -0.05) is 24.3 Å². The Balaban J connectivity index is 1.56. The van der Waals surface area contributed by atoms with Crippen LogP contribution < -0.4 is 10.6 Å². The van der Waals surface area contributed by atoms with Gasteiger partial charge in [0, 0.05) is 11.4 Å². The highest BCUT2D eigenvalue weighted by Gasteiger charge is 2.67. The van der Waals surface area contributed by atoms with Gasteiger partial charge in [-0.05, 0) is 36.2 Å². The molecule has 2 aromatic carbocycles. The molecule has 2 amide bonds. The Kier molecular flexibility index (Phi) is 3.19. The quantitative estimate of drug-likeness (QED) is 0.874. The molecule has 7 heteroatoms. The van der Waals surface area contributed by atoms with E-state index in [1.165, 1.54) is 12.1 Å². The highest BCUT2D eigenvalue weighted by atomic mass is 19.4. The summed E-state index contributed by atoms with van der Waals surface area (Å²) in [6, 6.07) is 11.6. The van der Waals surface area contributed by atoms with Crippen LogP contribution in [0.4, 0.5) is 24.5 Å². The van der Waals surface area contributed by atoms with Crippen molar-refractivity contribution < 1.29 is 22.8 Å². The van der Waals surface area contributed by atoms with Gasteiger partial charge in [-0.3, -0.25) is 9.59 Å². The van der Waals surface area contributed by atoms with Gasteiger partial charge in [0.15, 0.2) is 0 Å². The lowest BCUT2D eigenvalue weighted by Crippen LogP contribution is -2.27. The molecule has 1 saturated carbocycles. The zero-order valence-corrected chi connectivity index (χ0v) is 12.9. The molecule has 4 nitrogen and oxygen atoms in total. The van der Waals surface area contributed by atoms with Gasteiger partial charge in [0.1, 0.15) is 0 Å². The summed E-state index contributed by atoms with van der Waals surface area (Å²) in [7, 11) is 0. The third kappa shape index (κ3) is 2.38. The number of para-hydroxylation sites is 1. The minimum Gasteiger partial charge on any atom is -0.326 e. The van der Waals surface area contributed by atoms with Crippen molar-refractivity contribution in [3.63, 3.8) is 0 Å². The molecule has 0 aromatic heterocycles. The van der Waals surface area contributed by atoms with Gasteiger partial charge in [0.05, 0.1) is 16.9 Å². The Hall–Kier alpha value is -2.83. The Bertz CT molecular complexity index is 894. The number of carbonyl (C=O) groups excluding carboxylic acids is 2. The first kappa shape index (κ1) is 15.7. The fraction of sp³-hybridized carbons (Fsp3) is 0.222. The van der Waals surface area contributed by atoms with Crippen LogP contribution in [0.5, 0.6) is 0 Å². The zero-order valence-electron chi connectivity index (χ0n) is 12.9. The van der Waals surface area contributed by atoms with Crippen molar-refractivity contribution in [1.29, 1.82) is 0 Å². The van der Waals surface area contributed by atoms with E-state index in [2.05, 4.69) is 10.6 Å². The molecule has 1 aliphatic heterocycles. The number of carbonyl (C=O) groups is 2. The number of halogens is 3. The molecule has 0 bridgehead atoms. The second-order valence-electron chi connectivity index (χ2n) is 6.30. The van der Waals surface area contributed by atoms with Gasteiger partial charge in [0.25, 0.3) is 0 Å². The first-order valence-corrected chi connectivity index (χ1v) is 7.71. The fourth-order valence-corrected chi connectivity index (χ4v) is 3.47. The Labute approximate surface area is 141 Å². The summed E-state index contributed by atoms with van der Waals surface area (Å²) < 4.78 is 38.3. The smallest absolute Gasteiger partial charge is 0.326 e. The molecule has 2 N–H and O–H groups in total. The predicted molar refractivity (Wildman–Crippen MR) is 84.9 cm³/mol. The Morgan fingerprint density at radius 1 is 1.16 bits per heavy atom. The molecule has 0 saturated heterocycles. The first-order chi connectivity index (χ1) is 11.8. The lowest BCUT2D eigenvalue weighted by Gasteiger charge is -2.11. The molecule has 2 unspecified atom stereocenters. The normalized spacial score (nSPS) is 24.0. The topological polar surface area (TPSA) is 58.2 Å². The second-order valence-corrected chi connectivity index (χ2v) is 6.30. The third-order valence-electron chi connectivity index (χ3n) is 4.80. The summed E-state index contributed by atoms with van der Waals surface area (Å²) in [5, 5.41) is 5.26. The van der Waals surface area contributed by atoms with Gasteiger partial charge in [-0.2, -0.15) is 13.2 Å². The minimum atomic E-state index is -4.48. The van der Waals surface area contributed by atoms with E-state index < -0.39 is 29.0 Å². The van der Waals surface area contributed by atoms with E-state index in [0.717, 1.165) is 17.7 Å². The maximum atomic E-state index is 12.8. The molecule has 25 heavy (non-hydrogen) atoms. The molecule has 4 rings (SSSR count). The summed E-state index contributed by atoms with van der Waals surface area (Å²) in [6.45, 7) is 0. The van der Waals surface area contributed by atoms with Crippen molar-refractivity contribution in [2.45, 2.75) is 18.0 Å². The van der Waals surface area contributed by atoms with E-state index in [0.29, 0.717) is 12.1 Å². The largest absolute Gasteiger partial charge is 0.416 e. The molecule has 1 spiro atoms. The van der Waals surface area contributed by atoms with Crippen molar-refractivity contribution in [3.8, 4) is 0 Å². The number of nitrogens with one attached hydrogen (secondary N) is 2. The van der Waals surface area contributed by atoms with E-state index in [4.69, 9.17) is 0 Å². The number of fused-ring (bicyclic) bond motifs is 2. The first-order valence-electron chi connectivity index (χ1n) is 7.71. The average molecular weight is 346 g/mol. The highest BCUT2D eigenvalue weighted by Crippen LogP contribution is 2.60. The van der Waals surface area contributed by atoms with E-state index in [1.54, 1.807) is 24.3 Å². The average Bonchev–Trinajstić information content (AvgIpc) is 3.25. The van der Waals surface area contributed by atoms with Crippen LogP contribution in [0, 0.1) is 5.92 Å². The molecule has 128 valence electrons. The molecular formula is C18H13F3N2O2. The summed E-state index contributed by atoms with van der Waals surface area (Å²) in [5.74, 6) is -1.28. The Morgan fingerprint density at radius 2 is 1.92 bits per heavy atom. The molecule has 2 aromatic rings. The maximum Gasteiger partial charge on any atom is 0.416 e. The van der Waals surface area contributed by atoms with Crippen LogP contribution in [0.3, 0.4) is 0 Å². The predicted octanol–water partition coefficient (Wildman–Crippen LogP) is 3.55. The number of rotatable bonds is 2.